The van der Waals surface area contributed by atoms with Gasteiger partial charge in [-0.15, -0.1) is 0 Å². The Balaban J connectivity index is 1.85. The molecule has 0 aliphatic rings. The van der Waals surface area contributed by atoms with Gasteiger partial charge in [0.1, 0.15) is 11.5 Å². The second-order valence-electron chi connectivity index (χ2n) is 8.11. The quantitative estimate of drug-likeness (QED) is 0.215. The lowest BCUT2D eigenvalue weighted by molar-refractivity contribution is 0.265. The third-order valence-corrected chi connectivity index (χ3v) is 6.11. The van der Waals surface area contributed by atoms with Crippen LogP contribution in [0.4, 0.5) is 0 Å². The maximum atomic E-state index is 11.7. The maximum Gasteiger partial charge on any atom is 0.449 e. The fourth-order valence-electron chi connectivity index (χ4n) is 3.45. The van der Waals surface area contributed by atoms with Gasteiger partial charge < -0.3 is 9.29 Å². The van der Waals surface area contributed by atoms with Crippen molar-refractivity contribution in [1.82, 2.24) is 0 Å². The molecule has 0 fully saturated rings. The normalized spacial score (nSPS) is 11.6. The minimum absolute atomic E-state index is 0.0498. The standard InChI is InChI=1S/C24H42O5S/c1-2-3-4-5-6-7-8-9-10-11-12-13-14-15-16-17-22-28-30(26,27)29-24-20-18-23(25)19-21-24/h18-21,25H,2-17,22H2,1H3. The summed E-state index contributed by atoms with van der Waals surface area (Å²) in [7, 11) is -4.05. The van der Waals surface area contributed by atoms with Crippen molar-refractivity contribution in [3.8, 4) is 11.5 Å². The molecule has 30 heavy (non-hydrogen) atoms. The number of rotatable bonds is 20. The van der Waals surface area contributed by atoms with E-state index in [9.17, 15) is 13.5 Å². The summed E-state index contributed by atoms with van der Waals surface area (Å²) in [4.78, 5) is 0. The summed E-state index contributed by atoms with van der Waals surface area (Å²) in [6.07, 6.45) is 20.4. The molecule has 1 aromatic carbocycles. The minimum Gasteiger partial charge on any atom is -0.508 e. The molecule has 0 radical (unpaired) electrons. The van der Waals surface area contributed by atoms with Gasteiger partial charge in [-0.25, -0.2) is 4.18 Å². The maximum absolute atomic E-state index is 11.7. The van der Waals surface area contributed by atoms with Crippen LogP contribution in [0, 0.1) is 0 Å². The van der Waals surface area contributed by atoms with E-state index in [0.717, 1.165) is 12.8 Å². The molecule has 0 spiro atoms. The van der Waals surface area contributed by atoms with E-state index in [1.807, 2.05) is 0 Å². The lowest BCUT2D eigenvalue weighted by Gasteiger charge is -2.07. The van der Waals surface area contributed by atoms with E-state index >= 15 is 0 Å². The highest BCUT2D eigenvalue weighted by Gasteiger charge is 2.13. The van der Waals surface area contributed by atoms with Gasteiger partial charge in [0.15, 0.2) is 0 Å². The van der Waals surface area contributed by atoms with Gasteiger partial charge in [-0.3, -0.25) is 0 Å². The number of hydrogen-bond donors (Lipinski definition) is 1. The Hall–Kier alpha value is -1.27. The summed E-state index contributed by atoms with van der Waals surface area (Å²) in [5.74, 6) is 0.175. The Kier molecular flexibility index (Phi) is 15.5. The van der Waals surface area contributed by atoms with Crippen LogP contribution in [0.3, 0.4) is 0 Å². The van der Waals surface area contributed by atoms with Gasteiger partial charge in [-0.1, -0.05) is 103 Å². The number of unbranched alkanes of at least 4 members (excludes halogenated alkanes) is 15. The fraction of sp³-hybridized carbons (Fsp3) is 0.750. The van der Waals surface area contributed by atoms with Crippen molar-refractivity contribution >= 4 is 10.4 Å². The smallest absolute Gasteiger partial charge is 0.449 e. The first-order chi connectivity index (χ1) is 14.5. The summed E-state index contributed by atoms with van der Waals surface area (Å²) in [5.41, 5.74) is 0. The van der Waals surface area contributed by atoms with Crippen molar-refractivity contribution in [3.05, 3.63) is 24.3 Å². The Morgan fingerprint density at radius 2 is 1.07 bits per heavy atom. The van der Waals surface area contributed by atoms with Gasteiger partial charge in [0.05, 0.1) is 6.61 Å². The Morgan fingerprint density at radius 3 is 1.50 bits per heavy atom. The molecule has 0 amide bonds. The molecular weight excluding hydrogens is 400 g/mol. The number of phenols is 1. The summed E-state index contributed by atoms with van der Waals surface area (Å²) < 4.78 is 33.2. The van der Waals surface area contributed by atoms with E-state index in [4.69, 9.17) is 8.37 Å². The zero-order valence-electron chi connectivity index (χ0n) is 18.8. The van der Waals surface area contributed by atoms with Crippen LogP contribution in [-0.2, 0) is 14.6 Å². The van der Waals surface area contributed by atoms with Gasteiger partial charge in [0.2, 0.25) is 0 Å². The first-order valence-electron chi connectivity index (χ1n) is 11.9. The molecule has 0 saturated carbocycles. The third-order valence-electron chi connectivity index (χ3n) is 5.26. The first-order valence-corrected chi connectivity index (χ1v) is 13.2. The van der Waals surface area contributed by atoms with E-state index in [1.54, 1.807) is 0 Å². The van der Waals surface area contributed by atoms with Crippen molar-refractivity contribution < 1.29 is 21.9 Å². The van der Waals surface area contributed by atoms with E-state index < -0.39 is 10.4 Å². The zero-order chi connectivity index (χ0) is 21.9. The van der Waals surface area contributed by atoms with Crippen molar-refractivity contribution in [2.45, 2.75) is 110 Å². The predicted octanol–water partition coefficient (Wildman–Crippen LogP) is 7.29. The Labute approximate surface area is 184 Å². The van der Waals surface area contributed by atoms with Gasteiger partial charge in [0, 0.05) is 0 Å². The van der Waals surface area contributed by atoms with E-state index in [1.165, 1.54) is 108 Å². The molecule has 0 unspecified atom stereocenters. The van der Waals surface area contributed by atoms with Crippen molar-refractivity contribution in [2.75, 3.05) is 6.61 Å². The molecule has 0 aliphatic carbocycles. The van der Waals surface area contributed by atoms with Gasteiger partial charge in [-0.2, -0.15) is 8.42 Å². The number of hydrogen-bond acceptors (Lipinski definition) is 5. The van der Waals surface area contributed by atoms with E-state index in [0.29, 0.717) is 6.42 Å². The van der Waals surface area contributed by atoms with Crippen LogP contribution < -0.4 is 4.18 Å². The molecule has 174 valence electrons. The molecule has 0 bridgehead atoms. The Morgan fingerprint density at radius 1 is 0.667 bits per heavy atom. The molecule has 6 heteroatoms. The molecule has 0 heterocycles. The number of benzene rings is 1. The predicted molar refractivity (Wildman–Crippen MR) is 123 cm³/mol. The first kappa shape index (κ1) is 26.8. The fourth-order valence-corrected chi connectivity index (χ4v) is 4.17. The van der Waals surface area contributed by atoms with Crippen molar-refractivity contribution in [3.63, 3.8) is 0 Å². The zero-order valence-corrected chi connectivity index (χ0v) is 19.6. The van der Waals surface area contributed by atoms with Gasteiger partial charge >= 0.3 is 10.4 Å². The second kappa shape index (κ2) is 17.4. The lowest BCUT2D eigenvalue weighted by atomic mass is 10.0. The van der Waals surface area contributed by atoms with Crippen molar-refractivity contribution in [2.24, 2.45) is 0 Å². The van der Waals surface area contributed by atoms with Crippen LogP contribution in [0.2, 0.25) is 0 Å². The summed E-state index contributed by atoms with van der Waals surface area (Å²) in [6, 6.07) is 5.48. The average molecular weight is 443 g/mol. The molecular formula is C24H42O5S. The van der Waals surface area contributed by atoms with Crippen LogP contribution in [0.1, 0.15) is 110 Å². The van der Waals surface area contributed by atoms with Gasteiger partial charge in [-0.05, 0) is 30.7 Å². The summed E-state index contributed by atoms with van der Waals surface area (Å²) in [5, 5.41) is 9.18. The summed E-state index contributed by atoms with van der Waals surface area (Å²) in [6.45, 7) is 2.40. The molecule has 0 aliphatic heterocycles. The number of aromatic hydroxyl groups is 1. The highest BCUT2D eigenvalue weighted by Crippen LogP contribution is 2.18. The monoisotopic (exact) mass is 442 g/mol. The van der Waals surface area contributed by atoms with Gasteiger partial charge in [0.25, 0.3) is 0 Å². The van der Waals surface area contributed by atoms with Crippen LogP contribution in [-0.4, -0.2) is 20.1 Å². The molecule has 0 aromatic heterocycles. The van der Waals surface area contributed by atoms with E-state index in [2.05, 4.69) is 6.92 Å². The molecule has 1 N–H and O–H groups in total. The van der Waals surface area contributed by atoms with Crippen LogP contribution in [0.25, 0.3) is 0 Å². The highest BCUT2D eigenvalue weighted by molar-refractivity contribution is 7.82. The topological polar surface area (TPSA) is 72.8 Å². The summed E-state index contributed by atoms with van der Waals surface area (Å²) >= 11 is 0. The Bertz CT molecular complexity index is 613. The SMILES string of the molecule is CCCCCCCCCCCCCCCCCCOS(=O)(=O)Oc1ccc(O)cc1. The molecule has 0 saturated heterocycles. The molecule has 1 rings (SSSR count). The van der Waals surface area contributed by atoms with Crippen LogP contribution >= 0.6 is 0 Å². The third kappa shape index (κ3) is 15.6. The second-order valence-corrected chi connectivity index (χ2v) is 9.33. The van der Waals surface area contributed by atoms with Crippen LogP contribution in [0.15, 0.2) is 24.3 Å². The van der Waals surface area contributed by atoms with E-state index in [-0.39, 0.29) is 18.1 Å². The van der Waals surface area contributed by atoms with Crippen LogP contribution in [0.5, 0.6) is 11.5 Å². The number of phenolic OH excluding ortho intramolecular Hbond substituents is 1. The largest absolute Gasteiger partial charge is 0.508 e. The molecule has 0 atom stereocenters. The average Bonchev–Trinajstić information content (AvgIpc) is 2.72. The molecule has 5 nitrogen and oxygen atoms in total. The van der Waals surface area contributed by atoms with Crippen molar-refractivity contribution in [1.29, 1.82) is 0 Å². The highest BCUT2D eigenvalue weighted by atomic mass is 32.3. The minimum atomic E-state index is -4.05. The molecule has 1 aromatic rings. The lowest BCUT2D eigenvalue weighted by Crippen LogP contribution is -2.14.